The van der Waals surface area contributed by atoms with Gasteiger partial charge in [0.25, 0.3) is 5.91 Å². The summed E-state index contributed by atoms with van der Waals surface area (Å²) in [5.41, 5.74) is 1.88. The normalized spacial score (nSPS) is 12.3. The molecule has 0 aliphatic rings. The SMILES string of the molecule is CC[NH+](CC(=O)NCc1cccs1)Cc1cc2ccc(SC)cc2nc1Cl. The van der Waals surface area contributed by atoms with Crippen molar-refractivity contribution in [1.82, 2.24) is 10.3 Å². The van der Waals surface area contributed by atoms with Crippen molar-refractivity contribution in [2.24, 2.45) is 0 Å². The van der Waals surface area contributed by atoms with Crippen LogP contribution in [-0.4, -0.2) is 30.2 Å². The number of amides is 1. The summed E-state index contributed by atoms with van der Waals surface area (Å²) in [7, 11) is 0. The zero-order valence-electron chi connectivity index (χ0n) is 15.4. The molecule has 1 atom stereocenters. The van der Waals surface area contributed by atoms with Gasteiger partial charge in [0.05, 0.1) is 18.6 Å². The summed E-state index contributed by atoms with van der Waals surface area (Å²) in [5.74, 6) is 0.0507. The first-order valence-electron chi connectivity index (χ1n) is 8.85. The maximum atomic E-state index is 12.3. The van der Waals surface area contributed by atoms with Crippen molar-refractivity contribution >= 4 is 51.5 Å². The Balaban J connectivity index is 1.66. The number of rotatable bonds is 8. The lowest BCUT2D eigenvalue weighted by atomic mass is 10.1. The fourth-order valence-electron chi connectivity index (χ4n) is 2.89. The van der Waals surface area contributed by atoms with Crippen molar-refractivity contribution in [3.05, 3.63) is 57.4 Å². The van der Waals surface area contributed by atoms with Crippen LogP contribution < -0.4 is 10.2 Å². The summed E-state index contributed by atoms with van der Waals surface area (Å²) < 4.78 is 0. The van der Waals surface area contributed by atoms with Crippen molar-refractivity contribution in [3.63, 3.8) is 0 Å². The molecule has 0 aliphatic heterocycles. The lowest BCUT2D eigenvalue weighted by Gasteiger charge is -2.18. The minimum Gasteiger partial charge on any atom is -0.346 e. The number of thiophene rings is 1. The van der Waals surface area contributed by atoms with Crippen molar-refractivity contribution in [1.29, 1.82) is 0 Å². The molecule has 1 unspecified atom stereocenters. The minimum atomic E-state index is 0.0507. The highest BCUT2D eigenvalue weighted by atomic mass is 35.5. The van der Waals surface area contributed by atoms with Gasteiger partial charge in [0, 0.05) is 20.7 Å². The quantitative estimate of drug-likeness (QED) is 0.433. The second-order valence-electron chi connectivity index (χ2n) is 6.31. The standard InChI is InChI=1S/C20H22ClN3OS2/c1-3-24(13-19(25)22-11-17-5-4-8-27-17)12-15-9-14-6-7-16(26-2)10-18(14)23-20(15)21/h4-10H,3,11-13H2,1-2H3,(H,22,25)/p+1. The van der Waals surface area contributed by atoms with Crippen LogP contribution in [-0.2, 0) is 17.9 Å². The molecule has 0 radical (unpaired) electrons. The van der Waals surface area contributed by atoms with Gasteiger partial charge in [-0.25, -0.2) is 4.98 Å². The molecule has 7 heteroatoms. The van der Waals surface area contributed by atoms with Crippen molar-refractivity contribution < 1.29 is 9.69 Å². The molecule has 3 aromatic rings. The van der Waals surface area contributed by atoms with Gasteiger partial charge in [0.15, 0.2) is 6.54 Å². The van der Waals surface area contributed by atoms with Crippen LogP contribution in [0.2, 0.25) is 5.15 Å². The van der Waals surface area contributed by atoms with E-state index in [1.54, 1.807) is 23.1 Å². The Labute approximate surface area is 172 Å². The summed E-state index contributed by atoms with van der Waals surface area (Å²) in [4.78, 5) is 20.3. The number of pyridine rings is 1. The third-order valence-electron chi connectivity index (χ3n) is 4.44. The number of aromatic nitrogens is 1. The second kappa shape index (κ2) is 9.55. The first-order valence-corrected chi connectivity index (χ1v) is 11.3. The van der Waals surface area contributed by atoms with E-state index in [1.807, 2.05) is 23.8 Å². The molecule has 2 heterocycles. The first kappa shape index (κ1) is 20.1. The van der Waals surface area contributed by atoms with Crippen molar-refractivity contribution in [2.45, 2.75) is 24.9 Å². The van der Waals surface area contributed by atoms with E-state index in [9.17, 15) is 4.79 Å². The number of likely N-dealkylation sites (N-methyl/N-ethyl adjacent to an activating group) is 1. The van der Waals surface area contributed by atoms with E-state index in [-0.39, 0.29) is 5.91 Å². The first-order chi connectivity index (χ1) is 13.1. The second-order valence-corrected chi connectivity index (χ2v) is 8.58. The molecule has 0 spiro atoms. The number of hydrogen-bond acceptors (Lipinski definition) is 4. The van der Waals surface area contributed by atoms with Gasteiger partial charge in [-0.2, -0.15) is 0 Å². The Hall–Kier alpha value is -1.60. The van der Waals surface area contributed by atoms with Crippen LogP contribution in [0.25, 0.3) is 10.9 Å². The maximum absolute atomic E-state index is 12.3. The van der Waals surface area contributed by atoms with Crippen LogP contribution in [0, 0.1) is 0 Å². The van der Waals surface area contributed by atoms with Gasteiger partial charge in [-0.3, -0.25) is 4.79 Å². The van der Waals surface area contributed by atoms with Crippen LogP contribution in [0.3, 0.4) is 0 Å². The topological polar surface area (TPSA) is 46.4 Å². The molecular formula is C20H23ClN3OS2+. The number of quaternary nitrogens is 1. The van der Waals surface area contributed by atoms with Crippen LogP contribution in [0.4, 0.5) is 0 Å². The molecule has 2 aromatic heterocycles. The third kappa shape index (κ3) is 5.45. The van der Waals surface area contributed by atoms with E-state index in [0.29, 0.717) is 24.8 Å². The lowest BCUT2D eigenvalue weighted by molar-refractivity contribution is -0.904. The third-order valence-corrected chi connectivity index (χ3v) is 6.37. The lowest BCUT2D eigenvalue weighted by Crippen LogP contribution is -3.11. The number of halogens is 1. The Kier molecular flexibility index (Phi) is 7.13. The Morgan fingerprint density at radius 2 is 2.19 bits per heavy atom. The monoisotopic (exact) mass is 420 g/mol. The molecule has 4 nitrogen and oxygen atoms in total. The van der Waals surface area contributed by atoms with Crippen LogP contribution >= 0.6 is 34.7 Å². The number of carbonyl (C=O) groups is 1. The van der Waals surface area contributed by atoms with E-state index < -0.39 is 0 Å². The van der Waals surface area contributed by atoms with Crippen LogP contribution in [0.1, 0.15) is 17.4 Å². The molecule has 0 saturated heterocycles. The molecule has 3 rings (SSSR count). The van der Waals surface area contributed by atoms with E-state index in [1.165, 1.54) is 4.90 Å². The molecule has 0 bridgehead atoms. The average molecular weight is 421 g/mol. The van der Waals surface area contributed by atoms with E-state index in [2.05, 4.69) is 41.5 Å². The highest BCUT2D eigenvalue weighted by Crippen LogP contribution is 2.24. The molecule has 2 N–H and O–H groups in total. The fraction of sp³-hybridized carbons (Fsp3) is 0.300. The van der Waals surface area contributed by atoms with Crippen molar-refractivity contribution in [3.8, 4) is 0 Å². The molecule has 1 amide bonds. The number of fused-ring (bicyclic) bond motifs is 1. The number of carbonyl (C=O) groups excluding carboxylic acids is 1. The van der Waals surface area contributed by atoms with Crippen molar-refractivity contribution in [2.75, 3.05) is 19.3 Å². The zero-order chi connectivity index (χ0) is 19.2. The molecule has 142 valence electrons. The van der Waals surface area contributed by atoms with Gasteiger partial charge in [-0.15, -0.1) is 23.1 Å². The van der Waals surface area contributed by atoms with Gasteiger partial charge in [0.2, 0.25) is 0 Å². The van der Waals surface area contributed by atoms with Gasteiger partial charge in [0.1, 0.15) is 11.7 Å². The highest BCUT2D eigenvalue weighted by Gasteiger charge is 2.16. The van der Waals surface area contributed by atoms with E-state index in [0.717, 1.165) is 32.8 Å². The van der Waals surface area contributed by atoms with Gasteiger partial charge < -0.3 is 10.2 Å². The van der Waals surface area contributed by atoms with Crippen LogP contribution in [0.5, 0.6) is 0 Å². The molecule has 1 aromatic carbocycles. The predicted octanol–water partition coefficient (Wildman–Crippen LogP) is 3.39. The summed E-state index contributed by atoms with van der Waals surface area (Å²) in [5, 5.41) is 6.60. The number of nitrogens with zero attached hydrogens (tertiary/aromatic N) is 1. The Bertz CT molecular complexity index is 915. The zero-order valence-corrected chi connectivity index (χ0v) is 17.8. The Morgan fingerprint density at radius 1 is 1.33 bits per heavy atom. The van der Waals surface area contributed by atoms with Gasteiger partial charge in [-0.1, -0.05) is 23.7 Å². The number of hydrogen-bond donors (Lipinski definition) is 2. The van der Waals surface area contributed by atoms with E-state index in [4.69, 9.17) is 11.6 Å². The summed E-state index contributed by atoms with van der Waals surface area (Å²) in [6, 6.07) is 12.3. The summed E-state index contributed by atoms with van der Waals surface area (Å²) in [6.07, 6.45) is 2.04. The predicted molar refractivity (Wildman–Crippen MR) is 115 cm³/mol. The largest absolute Gasteiger partial charge is 0.346 e. The summed E-state index contributed by atoms with van der Waals surface area (Å²) in [6.45, 7) is 4.60. The Morgan fingerprint density at radius 3 is 2.89 bits per heavy atom. The molecule has 27 heavy (non-hydrogen) atoms. The maximum Gasteiger partial charge on any atom is 0.275 e. The average Bonchev–Trinajstić information content (AvgIpc) is 3.19. The number of benzene rings is 1. The molecule has 0 saturated carbocycles. The molecule has 0 aliphatic carbocycles. The van der Waals surface area contributed by atoms with Gasteiger partial charge >= 0.3 is 0 Å². The van der Waals surface area contributed by atoms with Crippen LogP contribution in [0.15, 0.2) is 46.7 Å². The van der Waals surface area contributed by atoms with Gasteiger partial charge in [-0.05, 0) is 42.8 Å². The fourth-order valence-corrected chi connectivity index (χ4v) is 4.18. The smallest absolute Gasteiger partial charge is 0.275 e. The number of thioether (sulfide) groups is 1. The molecule has 0 fully saturated rings. The number of nitrogens with one attached hydrogen (secondary N) is 2. The minimum absolute atomic E-state index is 0.0507. The highest BCUT2D eigenvalue weighted by molar-refractivity contribution is 7.98. The van der Waals surface area contributed by atoms with E-state index >= 15 is 0 Å². The summed E-state index contributed by atoms with van der Waals surface area (Å²) >= 11 is 9.77. The molecular weight excluding hydrogens is 398 g/mol.